The van der Waals surface area contributed by atoms with Gasteiger partial charge >= 0.3 is 33.4 Å². The Kier molecular flexibility index (Phi) is 8.78. The summed E-state index contributed by atoms with van der Waals surface area (Å²) in [5, 5.41) is -6.42. The summed E-state index contributed by atoms with van der Waals surface area (Å²) in [6.45, 7) is 0. The summed E-state index contributed by atoms with van der Waals surface area (Å²) >= 11 is 0. The third-order valence-electron chi connectivity index (χ3n) is 7.64. The number of alkyl halides is 9. The fourth-order valence-electron chi connectivity index (χ4n) is 5.07. The molecule has 6 rings (SSSR count). The third kappa shape index (κ3) is 6.24. The Morgan fingerprint density at radius 3 is 1.55 bits per heavy atom. The molecule has 0 saturated heterocycles. The Labute approximate surface area is 283 Å². The normalized spacial score (nSPS) is 13.9. The van der Waals surface area contributed by atoms with E-state index in [0.717, 1.165) is 6.07 Å². The molecule has 1 atom stereocenters. The van der Waals surface area contributed by atoms with Gasteiger partial charge in [-0.3, -0.25) is 0 Å². The van der Waals surface area contributed by atoms with Crippen LogP contribution in [0.5, 0.6) is 5.75 Å². The molecule has 5 aromatic carbocycles. The lowest BCUT2D eigenvalue weighted by Gasteiger charge is -2.30. The maximum absolute atomic E-state index is 14.8. The first kappa shape index (κ1) is 35.3. The van der Waals surface area contributed by atoms with Crippen molar-refractivity contribution in [3.8, 4) is 51.0 Å². The van der Waals surface area contributed by atoms with Gasteiger partial charge in [0.05, 0.1) is 0 Å². The molecular weight excluding hydrogens is 713 g/mol. The smallest absolute Gasteiger partial charge is 0.341 e. The predicted octanol–water partition coefficient (Wildman–Crippen LogP) is 9.98. The summed E-state index contributed by atoms with van der Waals surface area (Å²) in [5.74, 6) is -15.2. The second-order valence-corrected chi connectivity index (χ2v) is 12.6. The van der Waals surface area contributed by atoms with E-state index in [1.807, 2.05) is 0 Å². The number of rotatable bonds is 9. The van der Waals surface area contributed by atoms with Crippen LogP contribution in [0, 0.1) is 0 Å². The summed E-state index contributed by atoms with van der Waals surface area (Å²) < 4.78 is 151. The molecule has 0 amide bonds. The van der Waals surface area contributed by atoms with E-state index in [-0.39, 0.29) is 39.5 Å². The van der Waals surface area contributed by atoms with E-state index < -0.39 is 39.1 Å². The Balaban J connectivity index is 1.50. The zero-order chi connectivity index (χ0) is 36.8. The van der Waals surface area contributed by atoms with Crippen LogP contribution in [0.3, 0.4) is 0 Å². The van der Waals surface area contributed by atoms with Gasteiger partial charge in [-0.05, 0) is 28.5 Å². The highest BCUT2D eigenvalue weighted by molar-refractivity contribution is 7.88. The SMILES string of the molecule is O=S(=[OH+])(Oc1ccc2ccccc2c1-c1cccc(-c2nc(-c3ccccc3)nc(-c3ccccc3)n2)c1)C(F)(F)C(F)(F)C(F)(F)C(F)(F)F. The number of nitrogens with zero attached hydrogens (tertiary/aromatic N) is 3. The van der Waals surface area contributed by atoms with Gasteiger partial charge in [0, 0.05) is 22.3 Å². The summed E-state index contributed by atoms with van der Waals surface area (Å²) in [6.07, 6.45) is -7.21. The van der Waals surface area contributed by atoms with Crippen molar-refractivity contribution in [2.45, 2.75) is 23.3 Å². The average molecular weight is 735 g/mol. The summed E-state index contributed by atoms with van der Waals surface area (Å²) in [4.78, 5) is 13.8. The van der Waals surface area contributed by atoms with E-state index in [4.69, 9.17) is 0 Å². The van der Waals surface area contributed by atoms with E-state index in [1.54, 1.807) is 78.9 Å². The minimum Gasteiger partial charge on any atom is -0.341 e. The van der Waals surface area contributed by atoms with Crippen LogP contribution in [0.4, 0.5) is 39.5 Å². The van der Waals surface area contributed by atoms with Crippen LogP contribution >= 0.6 is 0 Å². The maximum atomic E-state index is 14.8. The number of hydrogen-bond donors (Lipinski definition) is 0. The summed E-state index contributed by atoms with van der Waals surface area (Å²) in [6, 6.07) is 31.6. The van der Waals surface area contributed by atoms with Crippen molar-refractivity contribution < 1.29 is 52.1 Å². The monoisotopic (exact) mass is 734 g/mol. The number of halogens is 9. The Hall–Kier alpha value is -5.51. The minimum absolute atomic E-state index is 0.0492. The number of benzene rings is 5. The maximum Gasteiger partial charge on any atom is 0.529 e. The lowest BCUT2D eigenvalue weighted by Crippen LogP contribution is -2.63. The van der Waals surface area contributed by atoms with Gasteiger partial charge in [0.15, 0.2) is 23.2 Å². The van der Waals surface area contributed by atoms with Crippen LogP contribution in [0.25, 0.3) is 56.1 Å². The van der Waals surface area contributed by atoms with Gasteiger partial charge in [0.25, 0.3) is 0 Å². The van der Waals surface area contributed by atoms with Gasteiger partial charge in [0.1, 0.15) is 0 Å². The molecule has 0 aliphatic carbocycles. The van der Waals surface area contributed by atoms with E-state index in [1.165, 1.54) is 36.4 Å². The molecule has 0 fully saturated rings. The van der Waals surface area contributed by atoms with Crippen molar-refractivity contribution in [3.63, 3.8) is 0 Å². The fraction of sp³-hybridized carbons (Fsp3) is 0.114. The number of aromatic nitrogens is 3. The molecule has 51 heavy (non-hydrogen) atoms. The first-order chi connectivity index (χ1) is 23.9. The van der Waals surface area contributed by atoms with Crippen LogP contribution in [0.2, 0.25) is 0 Å². The van der Waals surface area contributed by atoms with Crippen molar-refractivity contribution >= 4 is 20.9 Å². The van der Waals surface area contributed by atoms with Crippen molar-refractivity contribution in [1.29, 1.82) is 0 Å². The van der Waals surface area contributed by atoms with Crippen molar-refractivity contribution in [2.75, 3.05) is 0 Å². The Morgan fingerprint density at radius 2 is 1.00 bits per heavy atom. The lowest BCUT2D eigenvalue weighted by molar-refractivity contribution is -0.382. The minimum atomic E-state index is -7.42. The highest BCUT2D eigenvalue weighted by Gasteiger charge is 2.88. The third-order valence-corrected chi connectivity index (χ3v) is 8.95. The molecule has 1 N–H and O–H groups in total. The summed E-state index contributed by atoms with van der Waals surface area (Å²) in [5.41, 5.74) is 1.33. The van der Waals surface area contributed by atoms with Gasteiger partial charge in [-0.1, -0.05) is 109 Å². The van der Waals surface area contributed by atoms with Crippen molar-refractivity contribution in [1.82, 2.24) is 15.0 Å². The molecule has 0 bridgehead atoms. The lowest BCUT2D eigenvalue weighted by atomic mass is 9.96. The summed E-state index contributed by atoms with van der Waals surface area (Å²) in [7, 11) is -6.99. The Bertz CT molecular complexity index is 2280. The molecule has 0 saturated carbocycles. The van der Waals surface area contributed by atoms with E-state index >= 15 is 0 Å². The highest BCUT2D eigenvalue weighted by atomic mass is 32.2. The molecule has 6 aromatic rings. The zero-order valence-electron chi connectivity index (χ0n) is 25.5. The quantitative estimate of drug-likeness (QED) is 0.0839. The molecule has 1 unspecified atom stereocenters. The van der Waals surface area contributed by atoms with Gasteiger partial charge in [0.2, 0.25) is 0 Å². The molecule has 1 heterocycles. The van der Waals surface area contributed by atoms with E-state index in [9.17, 15) is 47.9 Å². The second kappa shape index (κ2) is 12.7. The van der Waals surface area contributed by atoms with Crippen molar-refractivity contribution in [2.24, 2.45) is 0 Å². The Morgan fingerprint density at radius 1 is 0.529 bits per heavy atom. The first-order valence-corrected chi connectivity index (χ1v) is 16.0. The van der Waals surface area contributed by atoms with Crippen LogP contribution < -0.4 is 4.18 Å². The molecule has 0 aliphatic rings. The number of fused-ring (bicyclic) bond motifs is 1. The first-order valence-electron chi connectivity index (χ1n) is 14.6. The van der Waals surface area contributed by atoms with Gasteiger partial charge in [-0.15, -0.1) is 4.21 Å². The molecule has 0 spiro atoms. The molecule has 0 aliphatic heterocycles. The predicted molar refractivity (Wildman–Crippen MR) is 171 cm³/mol. The molecule has 262 valence electrons. The van der Waals surface area contributed by atoms with Crippen molar-refractivity contribution in [3.05, 3.63) is 121 Å². The second-order valence-electron chi connectivity index (χ2n) is 11.0. The van der Waals surface area contributed by atoms with Crippen LogP contribution in [-0.4, -0.2) is 46.6 Å². The molecule has 16 heteroatoms. The van der Waals surface area contributed by atoms with Gasteiger partial charge in [-0.25, -0.2) is 15.0 Å². The molecular formula is C35H21F9N3O3S+. The zero-order valence-corrected chi connectivity index (χ0v) is 26.3. The average Bonchev–Trinajstić information content (AvgIpc) is 3.11. The van der Waals surface area contributed by atoms with Gasteiger partial charge in [-0.2, -0.15) is 43.7 Å². The van der Waals surface area contributed by atoms with Crippen LogP contribution in [0.15, 0.2) is 121 Å². The number of hydrogen-bond acceptors (Lipinski definition) is 5. The van der Waals surface area contributed by atoms with Crippen LogP contribution in [-0.2, 0) is 10.1 Å². The fourth-order valence-corrected chi connectivity index (χ4v) is 6.01. The molecule has 0 radical (unpaired) electrons. The van der Waals surface area contributed by atoms with Crippen LogP contribution in [0.1, 0.15) is 0 Å². The molecule has 6 nitrogen and oxygen atoms in total. The largest absolute Gasteiger partial charge is 0.529 e. The van der Waals surface area contributed by atoms with E-state index in [0.29, 0.717) is 16.5 Å². The standard InChI is InChI=1S/C35H20F9N3O3S/c36-32(37,34(40,41)42)33(38,39)35(43,44)51(48,49)50-27-19-18-21-10-7-8-17-26(21)28(27)24-15-9-16-25(20-24)31-46-29(22-11-3-1-4-12-22)45-30(47-31)23-13-5-2-6-14-23/h1-20H/p+1. The highest BCUT2D eigenvalue weighted by Crippen LogP contribution is 2.55. The van der Waals surface area contributed by atoms with Gasteiger partial charge < -0.3 is 4.18 Å². The van der Waals surface area contributed by atoms with E-state index in [2.05, 4.69) is 19.1 Å². The topological polar surface area (TPSA) is 86.4 Å². The molecule has 1 aromatic heterocycles.